The molecule has 2 aromatic carbocycles. The molecule has 2 aromatic rings. The lowest BCUT2D eigenvalue weighted by Gasteiger charge is -2.35. The highest BCUT2D eigenvalue weighted by Crippen LogP contribution is 2.31. The number of nitrogens with two attached hydrogens (primary N) is 1. The third-order valence-corrected chi connectivity index (χ3v) is 5.75. The van der Waals surface area contributed by atoms with Gasteiger partial charge in [0.2, 0.25) is 0 Å². The smallest absolute Gasteiger partial charge is 0.260 e. The fourth-order valence-electron chi connectivity index (χ4n) is 3.64. The van der Waals surface area contributed by atoms with Gasteiger partial charge in [0.15, 0.2) is 18.1 Å². The van der Waals surface area contributed by atoms with E-state index in [0.717, 1.165) is 30.8 Å². The topological polar surface area (TPSA) is 94.3 Å². The molecule has 0 atom stereocenters. The molecule has 0 bridgehead atoms. The number of methoxy groups -OCH3 is 2. The van der Waals surface area contributed by atoms with Crippen molar-refractivity contribution in [1.29, 1.82) is 0 Å². The fourth-order valence-corrected chi connectivity index (χ4v) is 3.81. The number of carbonyl (C=O) groups is 2. The molecule has 2 N–H and O–H groups in total. The quantitative estimate of drug-likeness (QED) is 0.649. The van der Waals surface area contributed by atoms with Gasteiger partial charge in [0.1, 0.15) is 5.75 Å². The van der Waals surface area contributed by atoms with Gasteiger partial charge in [0.05, 0.1) is 19.8 Å². The molecule has 1 fully saturated rings. The number of primary amides is 1. The van der Waals surface area contributed by atoms with Crippen molar-refractivity contribution in [1.82, 2.24) is 9.80 Å². The van der Waals surface area contributed by atoms with Crippen LogP contribution >= 0.6 is 11.6 Å². The second-order valence-electron chi connectivity index (χ2n) is 7.58. The van der Waals surface area contributed by atoms with E-state index in [4.69, 9.17) is 31.5 Å². The highest BCUT2D eigenvalue weighted by atomic mass is 35.5. The van der Waals surface area contributed by atoms with Gasteiger partial charge in [0.25, 0.3) is 11.8 Å². The molecule has 1 aliphatic rings. The van der Waals surface area contributed by atoms with E-state index in [1.165, 1.54) is 6.07 Å². The zero-order valence-corrected chi connectivity index (χ0v) is 19.3. The van der Waals surface area contributed by atoms with Crippen LogP contribution in [0.4, 0.5) is 0 Å². The van der Waals surface area contributed by atoms with Crippen LogP contribution in [0, 0.1) is 6.92 Å². The standard InChI is InChI=1S/C23H28ClN3O5/c1-15-10-20(30-2)21(31-3)11-16(15)13-26-6-8-27(9-7-26)22(28)14-32-19-5-4-17(24)12-18(19)23(25)29/h4-5,10-12H,6-9,13-14H2,1-3H3,(H2,25,29). The van der Waals surface area contributed by atoms with Gasteiger partial charge in [-0.15, -0.1) is 0 Å². The molecule has 0 saturated carbocycles. The number of hydrogen-bond donors (Lipinski definition) is 1. The summed E-state index contributed by atoms with van der Waals surface area (Å²) in [6.07, 6.45) is 0. The van der Waals surface area contributed by atoms with Crippen LogP contribution in [0.15, 0.2) is 30.3 Å². The summed E-state index contributed by atoms with van der Waals surface area (Å²) in [6, 6.07) is 8.53. The molecule has 0 spiro atoms. The molecule has 0 unspecified atom stereocenters. The highest BCUT2D eigenvalue weighted by molar-refractivity contribution is 6.31. The largest absolute Gasteiger partial charge is 0.493 e. The molecule has 1 heterocycles. The minimum absolute atomic E-state index is 0.141. The van der Waals surface area contributed by atoms with Crippen LogP contribution in [-0.4, -0.2) is 68.6 Å². The maximum Gasteiger partial charge on any atom is 0.260 e. The van der Waals surface area contributed by atoms with Crippen molar-refractivity contribution in [2.75, 3.05) is 47.0 Å². The van der Waals surface area contributed by atoms with Crippen molar-refractivity contribution in [3.05, 3.63) is 52.0 Å². The molecule has 3 rings (SSSR count). The second-order valence-corrected chi connectivity index (χ2v) is 8.02. The number of benzene rings is 2. The zero-order valence-electron chi connectivity index (χ0n) is 18.5. The number of rotatable bonds is 8. The van der Waals surface area contributed by atoms with E-state index < -0.39 is 5.91 Å². The van der Waals surface area contributed by atoms with Crippen LogP contribution in [0.25, 0.3) is 0 Å². The Hall–Kier alpha value is -2.97. The molecule has 8 nitrogen and oxygen atoms in total. The molecule has 1 saturated heterocycles. The van der Waals surface area contributed by atoms with E-state index in [1.807, 2.05) is 19.1 Å². The number of ether oxygens (including phenoxy) is 3. The lowest BCUT2D eigenvalue weighted by atomic mass is 10.1. The van der Waals surface area contributed by atoms with Crippen LogP contribution in [0.2, 0.25) is 5.02 Å². The van der Waals surface area contributed by atoms with Crippen molar-refractivity contribution in [3.63, 3.8) is 0 Å². The SMILES string of the molecule is COc1cc(C)c(CN2CCN(C(=O)COc3ccc(Cl)cc3C(N)=O)CC2)cc1OC. The van der Waals surface area contributed by atoms with Crippen LogP contribution in [0.3, 0.4) is 0 Å². The Morgan fingerprint density at radius 2 is 1.66 bits per heavy atom. The number of amides is 2. The first kappa shape index (κ1) is 23.7. The molecule has 32 heavy (non-hydrogen) atoms. The van der Waals surface area contributed by atoms with E-state index in [2.05, 4.69) is 4.90 Å². The Morgan fingerprint density at radius 1 is 1.00 bits per heavy atom. The first-order valence-corrected chi connectivity index (χ1v) is 10.6. The predicted molar refractivity (Wildman–Crippen MR) is 122 cm³/mol. The maximum atomic E-state index is 12.6. The van der Waals surface area contributed by atoms with Gasteiger partial charge in [0, 0.05) is 37.7 Å². The first-order chi connectivity index (χ1) is 15.3. The third kappa shape index (κ3) is 5.63. The highest BCUT2D eigenvalue weighted by Gasteiger charge is 2.23. The molecule has 172 valence electrons. The summed E-state index contributed by atoms with van der Waals surface area (Å²) < 4.78 is 16.3. The van der Waals surface area contributed by atoms with Gasteiger partial charge in [-0.05, 0) is 48.4 Å². The van der Waals surface area contributed by atoms with Gasteiger partial charge in [-0.25, -0.2) is 0 Å². The summed E-state index contributed by atoms with van der Waals surface area (Å²) in [5.41, 5.74) is 7.80. The Bertz CT molecular complexity index is 990. The lowest BCUT2D eigenvalue weighted by Crippen LogP contribution is -2.49. The van der Waals surface area contributed by atoms with Crippen LogP contribution in [-0.2, 0) is 11.3 Å². The van der Waals surface area contributed by atoms with Gasteiger partial charge in [-0.3, -0.25) is 14.5 Å². The molecule has 1 aliphatic heterocycles. The average Bonchev–Trinajstić information content (AvgIpc) is 2.79. The van der Waals surface area contributed by atoms with Crippen molar-refractivity contribution in [3.8, 4) is 17.2 Å². The minimum atomic E-state index is -0.658. The third-order valence-electron chi connectivity index (χ3n) is 5.52. The molecule has 9 heteroatoms. The number of carbonyl (C=O) groups excluding carboxylic acids is 2. The Morgan fingerprint density at radius 3 is 2.28 bits per heavy atom. The normalized spacial score (nSPS) is 14.2. The molecular weight excluding hydrogens is 434 g/mol. The number of halogens is 1. The number of piperazine rings is 1. The summed E-state index contributed by atoms with van der Waals surface area (Å²) in [4.78, 5) is 28.2. The Kier molecular flexibility index (Phi) is 7.82. The van der Waals surface area contributed by atoms with Gasteiger partial charge < -0.3 is 24.8 Å². The number of hydrogen-bond acceptors (Lipinski definition) is 6. The van der Waals surface area contributed by atoms with Crippen molar-refractivity contribution < 1.29 is 23.8 Å². The van der Waals surface area contributed by atoms with E-state index in [1.54, 1.807) is 31.3 Å². The van der Waals surface area contributed by atoms with Crippen molar-refractivity contribution in [2.24, 2.45) is 5.73 Å². The number of aryl methyl sites for hydroxylation is 1. The average molecular weight is 462 g/mol. The summed E-state index contributed by atoms with van der Waals surface area (Å²) in [7, 11) is 3.25. The molecule has 0 radical (unpaired) electrons. The molecule has 0 aromatic heterocycles. The van der Waals surface area contributed by atoms with Gasteiger partial charge in [-0.1, -0.05) is 11.6 Å². The Balaban J connectivity index is 1.54. The van der Waals surface area contributed by atoms with Crippen LogP contribution < -0.4 is 19.9 Å². The number of nitrogens with zero attached hydrogens (tertiary/aromatic N) is 2. The van der Waals surface area contributed by atoms with Gasteiger partial charge in [-0.2, -0.15) is 0 Å². The van der Waals surface area contributed by atoms with Crippen molar-refractivity contribution >= 4 is 23.4 Å². The minimum Gasteiger partial charge on any atom is -0.493 e. The monoisotopic (exact) mass is 461 g/mol. The maximum absolute atomic E-state index is 12.6. The van der Waals surface area contributed by atoms with E-state index >= 15 is 0 Å². The second kappa shape index (κ2) is 10.6. The summed E-state index contributed by atoms with van der Waals surface area (Å²) in [6.45, 7) is 5.31. The molecule has 2 amide bonds. The van der Waals surface area contributed by atoms with Crippen molar-refractivity contribution in [2.45, 2.75) is 13.5 Å². The predicted octanol–water partition coefficient (Wildman–Crippen LogP) is 2.49. The first-order valence-electron chi connectivity index (χ1n) is 10.3. The fraction of sp³-hybridized carbons (Fsp3) is 0.391. The molecular formula is C23H28ClN3O5. The molecule has 0 aliphatic carbocycles. The van der Waals surface area contributed by atoms with E-state index in [9.17, 15) is 9.59 Å². The lowest BCUT2D eigenvalue weighted by molar-refractivity contribution is -0.135. The van der Waals surface area contributed by atoms with Crippen LogP contribution in [0.5, 0.6) is 17.2 Å². The van der Waals surface area contributed by atoms with E-state index in [0.29, 0.717) is 29.6 Å². The Labute approximate surface area is 192 Å². The van der Waals surface area contributed by atoms with Crippen LogP contribution in [0.1, 0.15) is 21.5 Å². The summed E-state index contributed by atoms with van der Waals surface area (Å²) in [5.74, 6) is 0.866. The zero-order chi connectivity index (χ0) is 23.3. The summed E-state index contributed by atoms with van der Waals surface area (Å²) in [5, 5.41) is 0.373. The summed E-state index contributed by atoms with van der Waals surface area (Å²) >= 11 is 5.90. The van der Waals surface area contributed by atoms with Gasteiger partial charge >= 0.3 is 0 Å². The van der Waals surface area contributed by atoms with E-state index in [-0.39, 0.29) is 23.8 Å².